The summed E-state index contributed by atoms with van der Waals surface area (Å²) in [6.07, 6.45) is 0.0504. The van der Waals surface area contributed by atoms with Gasteiger partial charge in [-0.2, -0.15) is 0 Å². The Morgan fingerprint density at radius 2 is 1.95 bits per heavy atom. The molecule has 11 heteroatoms. The van der Waals surface area contributed by atoms with Crippen LogP contribution in [-0.4, -0.2) is 72.2 Å². The second-order valence-electron chi connectivity index (χ2n) is 10.9. The molecule has 206 valence electrons. The van der Waals surface area contributed by atoms with Gasteiger partial charge in [0.2, 0.25) is 5.78 Å². The van der Waals surface area contributed by atoms with Crippen LogP contribution in [0.3, 0.4) is 0 Å². The van der Waals surface area contributed by atoms with Gasteiger partial charge in [0, 0.05) is 62.1 Å². The SMILES string of the molecule is COC[C@H]1OC(=O)/C(=C\NCC(C)C(=O)O)C2=C(O)C(=O)C3=C([C@H](OC(C)=O)C[C@]4(C)C(=O)CC[C@@H]34)[C@]21C. The van der Waals surface area contributed by atoms with Crippen molar-refractivity contribution < 1.29 is 48.4 Å². The molecule has 3 aliphatic carbocycles. The number of carbonyl (C=O) groups excluding carboxylic acids is 4. The Kier molecular flexibility index (Phi) is 7.02. The maximum Gasteiger partial charge on any atom is 0.340 e. The molecule has 0 aromatic heterocycles. The molecule has 0 aromatic carbocycles. The van der Waals surface area contributed by atoms with Crippen molar-refractivity contribution in [2.45, 2.75) is 59.2 Å². The summed E-state index contributed by atoms with van der Waals surface area (Å²) in [5.74, 6) is -5.21. The maximum absolute atomic E-state index is 13.8. The van der Waals surface area contributed by atoms with Gasteiger partial charge in [-0.3, -0.25) is 19.2 Å². The zero-order valence-corrected chi connectivity index (χ0v) is 22.1. The number of rotatable bonds is 7. The molecular formula is C27H33NO10. The number of ether oxygens (including phenoxy) is 3. The summed E-state index contributed by atoms with van der Waals surface area (Å²) in [6.45, 7) is 6.05. The van der Waals surface area contributed by atoms with Crippen molar-refractivity contribution >= 4 is 29.5 Å². The first-order valence-electron chi connectivity index (χ1n) is 12.6. The normalized spacial score (nSPS) is 34.4. The van der Waals surface area contributed by atoms with Crippen molar-refractivity contribution in [1.82, 2.24) is 5.32 Å². The summed E-state index contributed by atoms with van der Waals surface area (Å²) in [7, 11) is 1.42. The van der Waals surface area contributed by atoms with E-state index in [1.165, 1.54) is 27.2 Å². The highest BCUT2D eigenvalue weighted by Gasteiger charge is 2.64. The number of hydrogen-bond donors (Lipinski definition) is 3. The van der Waals surface area contributed by atoms with Gasteiger partial charge in [0.1, 0.15) is 18.0 Å². The highest BCUT2D eigenvalue weighted by Crippen LogP contribution is 2.62. The van der Waals surface area contributed by atoms with Crippen LogP contribution >= 0.6 is 0 Å². The molecule has 1 saturated carbocycles. The Balaban J connectivity index is 1.94. The van der Waals surface area contributed by atoms with Crippen molar-refractivity contribution in [3.8, 4) is 0 Å². The Labute approximate surface area is 219 Å². The Bertz CT molecular complexity index is 1210. The van der Waals surface area contributed by atoms with Gasteiger partial charge in [0.15, 0.2) is 5.76 Å². The van der Waals surface area contributed by atoms with Gasteiger partial charge >= 0.3 is 17.9 Å². The van der Waals surface area contributed by atoms with E-state index >= 15 is 0 Å². The summed E-state index contributed by atoms with van der Waals surface area (Å²) in [4.78, 5) is 63.4. The predicted molar refractivity (Wildman–Crippen MR) is 130 cm³/mol. The average molecular weight is 532 g/mol. The summed E-state index contributed by atoms with van der Waals surface area (Å²) in [6, 6.07) is 0. The van der Waals surface area contributed by atoms with Gasteiger partial charge in [-0.05, 0) is 18.9 Å². The Hall–Kier alpha value is -3.47. The van der Waals surface area contributed by atoms with Gasteiger partial charge in [-0.15, -0.1) is 0 Å². The molecule has 11 nitrogen and oxygen atoms in total. The topological polar surface area (TPSA) is 166 Å². The monoisotopic (exact) mass is 531 g/mol. The number of aliphatic carboxylic acids is 1. The molecule has 6 atom stereocenters. The molecule has 1 aliphatic heterocycles. The molecule has 4 rings (SSSR count). The van der Waals surface area contributed by atoms with Crippen molar-refractivity contribution in [3.05, 3.63) is 34.3 Å². The number of Topliss-reactive ketones (excluding diaryl/α,β-unsaturated/α-hetero) is 2. The summed E-state index contributed by atoms with van der Waals surface area (Å²) in [5.41, 5.74) is -1.87. The van der Waals surface area contributed by atoms with E-state index in [9.17, 15) is 34.2 Å². The highest BCUT2D eigenvalue weighted by atomic mass is 16.6. The van der Waals surface area contributed by atoms with Crippen LogP contribution in [0, 0.1) is 22.7 Å². The number of esters is 2. The third-order valence-corrected chi connectivity index (χ3v) is 8.51. The first kappa shape index (κ1) is 27.6. The second-order valence-corrected chi connectivity index (χ2v) is 10.9. The third kappa shape index (κ3) is 4.03. The van der Waals surface area contributed by atoms with E-state index in [1.54, 1.807) is 13.8 Å². The van der Waals surface area contributed by atoms with E-state index in [1.807, 2.05) is 0 Å². The van der Waals surface area contributed by atoms with E-state index < -0.39 is 64.3 Å². The van der Waals surface area contributed by atoms with E-state index in [0.717, 1.165) is 0 Å². The number of aliphatic hydroxyl groups is 1. The Morgan fingerprint density at radius 1 is 1.26 bits per heavy atom. The number of hydrogen-bond acceptors (Lipinski definition) is 10. The molecule has 0 bridgehead atoms. The van der Waals surface area contributed by atoms with E-state index in [0.29, 0.717) is 12.0 Å². The fourth-order valence-electron chi connectivity index (χ4n) is 6.52. The predicted octanol–water partition coefficient (Wildman–Crippen LogP) is 1.77. The fraction of sp³-hybridized carbons (Fsp3) is 0.593. The minimum Gasteiger partial charge on any atom is -0.504 e. The summed E-state index contributed by atoms with van der Waals surface area (Å²) < 4.78 is 16.8. The van der Waals surface area contributed by atoms with Gasteiger partial charge in [0.05, 0.1) is 23.5 Å². The number of nitrogens with one attached hydrogen (secondary N) is 1. The number of fused-ring (bicyclic) bond motifs is 4. The molecular weight excluding hydrogens is 498 g/mol. The first-order chi connectivity index (χ1) is 17.8. The molecule has 2 fully saturated rings. The molecule has 38 heavy (non-hydrogen) atoms. The maximum atomic E-state index is 13.8. The highest BCUT2D eigenvalue weighted by molar-refractivity contribution is 6.14. The number of carbonyl (C=O) groups is 5. The van der Waals surface area contributed by atoms with Crippen LogP contribution in [0.4, 0.5) is 0 Å². The second kappa shape index (κ2) is 9.68. The van der Waals surface area contributed by atoms with Crippen molar-refractivity contribution in [2.24, 2.45) is 22.7 Å². The molecule has 1 heterocycles. The number of carboxylic acids is 1. The van der Waals surface area contributed by atoms with Crippen LogP contribution in [0.5, 0.6) is 0 Å². The molecule has 1 unspecified atom stereocenters. The van der Waals surface area contributed by atoms with Gasteiger partial charge in [-0.25, -0.2) is 4.79 Å². The van der Waals surface area contributed by atoms with E-state index in [-0.39, 0.29) is 48.5 Å². The molecule has 0 aromatic rings. The van der Waals surface area contributed by atoms with Crippen LogP contribution in [-0.2, 0) is 38.2 Å². The first-order valence-corrected chi connectivity index (χ1v) is 12.6. The lowest BCUT2D eigenvalue weighted by molar-refractivity contribution is -0.160. The van der Waals surface area contributed by atoms with E-state index in [4.69, 9.17) is 14.2 Å². The summed E-state index contributed by atoms with van der Waals surface area (Å²) in [5, 5.41) is 23.3. The number of allylic oxidation sites excluding steroid dienone is 1. The van der Waals surface area contributed by atoms with Gasteiger partial charge in [0.25, 0.3) is 0 Å². The number of ketones is 2. The van der Waals surface area contributed by atoms with E-state index in [2.05, 4.69) is 5.32 Å². The van der Waals surface area contributed by atoms with Gasteiger partial charge < -0.3 is 29.7 Å². The lowest BCUT2D eigenvalue weighted by Crippen LogP contribution is -2.57. The Morgan fingerprint density at radius 3 is 2.55 bits per heavy atom. The standard InChI is InChI=1S/C27H33NO10/c1-12(24(33)34)9-28-10-14-20-23(32)22(31)19-15-6-7-17(30)26(15,3)8-16(37-13(2)29)21(19)27(20,4)18(11-36-5)38-25(14)35/h10,12,15-16,18,28,32H,6-9,11H2,1-5H3,(H,33,34)/b14-10-/t12?,15-,16+,18+,26-,27-/m0/s1. The van der Waals surface area contributed by atoms with Crippen LogP contribution < -0.4 is 5.32 Å². The number of aliphatic hydroxyl groups excluding tert-OH is 1. The number of cyclic esters (lactones) is 1. The van der Waals surface area contributed by atoms with Crippen molar-refractivity contribution in [1.29, 1.82) is 0 Å². The molecule has 0 spiro atoms. The quantitative estimate of drug-likeness (QED) is 0.324. The average Bonchev–Trinajstić information content (AvgIpc) is 3.13. The number of carboxylic acid groups (broad SMARTS) is 1. The molecule has 0 amide bonds. The summed E-state index contributed by atoms with van der Waals surface area (Å²) >= 11 is 0. The van der Waals surface area contributed by atoms with Crippen LogP contribution in [0.2, 0.25) is 0 Å². The lowest BCUT2D eigenvalue weighted by Gasteiger charge is -2.53. The zero-order valence-electron chi connectivity index (χ0n) is 22.1. The minimum absolute atomic E-state index is 0.0138. The molecule has 0 radical (unpaired) electrons. The van der Waals surface area contributed by atoms with Gasteiger partial charge in [-0.1, -0.05) is 13.8 Å². The molecule has 4 aliphatic rings. The molecule has 3 N–H and O–H groups in total. The van der Waals surface area contributed by atoms with Crippen LogP contribution in [0.1, 0.15) is 47.0 Å². The van der Waals surface area contributed by atoms with Crippen LogP contribution in [0.25, 0.3) is 0 Å². The minimum atomic E-state index is -1.35. The zero-order chi connectivity index (χ0) is 28.2. The largest absolute Gasteiger partial charge is 0.504 e. The molecule has 1 saturated heterocycles. The third-order valence-electron chi connectivity index (χ3n) is 8.51. The van der Waals surface area contributed by atoms with Crippen molar-refractivity contribution in [3.63, 3.8) is 0 Å². The fourth-order valence-corrected chi connectivity index (χ4v) is 6.52. The number of methoxy groups -OCH3 is 1. The lowest BCUT2D eigenvalue weighted by atomic mass is 9.53. The smallest absolute Gasteiger partial charge is 0.340 e. The van der Waals surface area contributed by atoms with Crippen molar-refractivity contribution in [2.75, 3.05) is 20.3 Å². The van der Waals surface area contributed by atoms with Crippen LogP contribution in [0.15, 0.2) is 34.3 Å².